The molecule has 0 bridgehead atoms. The van der Waals surface area contributed by atoms with E-state index in [-0.39, 0.29) is 12.4 Å². The number of aliphatic carboxylic acids is 1. The Morgan fingerprint density at radius 2 is 1.97 bits per heavy atom. The number of amides is 1. The van der Waals surface area contributed by atoms with Crippen LogP contribution in [0.3, 0.4) is 0 Å². The first-order valence-electron chi connectivity index (χ1n) is 8.60. The lowest BCUT2D eigenvalue weighted by atomic mass is 9.96. The van der Waals surface area contributed by atoms with E-state index in [0.29, 0.717) is 17.2 Å². The van der Waals surface area contributed by atoms with Crippen molar-refractivity contribution in [2.24, 2.45) is 5.92 Å². The van der Waals surface area contributed by atoms with Crippen molar-refractivity contribution in [1.29, 1.82) is 0 Å². The number of fused-ring (bicyclic) bond motifs is 1. The Balaban J connectivity index is 1.78. The summed E-state index contributed by atoms with van der Waals surface area (Å²) in [5.41, 5.74) is 0.646. The smallest absolute Gasteiger partial charge is 0.412 e. The highest BCUT2D eigenvalue weighted by Crippen LogP contribution is 2.35. The van der Waals surface area contributed by atoms with E-state index >= 15 is 0 Å². The Morgan fingerprint density at radius 1 is 1.21 bits per heavy atom. The normalized spacial score (nSPS) is 14.4. The van der Waals surface area contributed by atoms with Gasteiger partial charge in [0.15, 0.2) is 23.1 Å². The Hall–Kier alpha value is -3.75. The summed E-state index contributed by atoms with van der Waals surface area (Å²) >= 11 is 0. The Morgan fingerprint density at radius 3 is 2.69 bits per heavy atom. The zero-order chi connectivity index (χ0) is 21.0. The third-order valence-corrected chi connectivity index (χ3v) is 4.17. The molecule has 0 fully saturated rings. The first-order valence-corrected chi connectivity index (χ1v) is 8.60. The quantitative estimate of drug-likeness (QED) is 0.628. The van der Waals surface area contributed by atoms with Crippen molar-refractivity contribution in [3.05, 3.63) is 59.9 Å². The third-order valence-electron chi connectivity index (χ3n) is 4.17. The number of carboxylic acid groups (broad SMARTS) is 1. The van der Waals surface area contributed by atoms with Crippen LogP contribution >= 0.6 is 0 Å². The van der Waals surface area contributed by atoms with Crippen LogP contribution in [-0.2, 0) is 9.53 Å². The van der Waals surface area contributed by atoms with Crippen LogP contribution in [0, 0.1) is 11.7 Å². The van der Waals surface area contributed by atoms with Gasteiger partial charge in [0.25, 0.3) is 0 Å². The lowest BCUT2D eigenvalue weighted by molar-refractivity contribution is -0.131. The fraction of sp³-hybridized carbons (Fsp3) is 0.200. The van der Waals surface area contributed by atoms with E-state index in [4.69, 9.17) is 19.3 Å². The third kappa shape index (κ3) is 4.95. The number of carboxylic acids is 1. The van der Waals surface area contributed by atoms with E-state index in [9.17, 15) is 19.1 Å². The number of phenols is 1. The molecule has 0 radical (unpaired) electrons. The van der Waals surface area contributed by atoms with E-state index in [1.54, 1.807) is 25.1 Å². The summed E-state index contributed by atoms with van der Waals surface area (Å²) in [7, 11) is 0. The summed E-state index contributed by atoms with van der Waals surface area (Å²) in [5, 5.41) is 20.7. The number of hydrogen-bond acceptors (Lipinski definition) is 6. The van der Waals surface area contributed by atoms with E-state index in [1.165, 1.54) is 12.1 Å². The molecule has 0 saturated heterocycles. The number of hydrogen-bond donors (Lipinski definition) is 3. The molecule has 3 rings (SSSR count). The number of anilines is 1. The highest BCUT2D eigenvalue weighted by atomic mass is 19.1. The van der Waals surface area contributed by atoms with E-state index in [0.717, 1.165) is 18.2 Å². The van der Waals surface area contributed by atoms with Crippen molar-refractivity contribution in [3.63, 3.8) is 0 Å². The van der Waals surface area contributed by atoms with Crippen LogP contribution in [0.1, 0.15) is 18.6 Å². The minimum Gasteiger partial charge on any atom is -0.505 e. The highest BCUT2D eigenvalue weighted by Gasteiger charge is 2.24. The van der Waals surface area contributed by atoms with Gasteiger partial charge in [-0.2, -0.15) is 0 Å². The molecule has 3 N–H and O–H groups in total. The van der Waals surface area contributed by atoms with Crippen LogP contribution in [0.25, 0.3) is 0 Å². The maximum absolute atomic E-state index is 13.8. The van der Waals surface area contributed by atoms with E-state index in [1.807, 2.05) is 0 Å². The van der Waals surface area contributed by atoms with Gasteiger partial charge in [-0.05, 0) is 29.8 Å². The van der Waals surface area contributed by atoms with Crippen LogP contribution in [-0.4, -0.2) is 29.1 Å². The fourth-order valence-electron chi connectivity index (χ4n) is 2.75. The van der Waals surface area contributed by atoms with Crippen LogP contribution in [0.2, 0.25) is 0 Å². The highest BCUT2D eigenvalue weighted by molar-refractivity contribution is 5.85. The monoisotopic (exact) mass is 403 g/mol. The molecule has 2 aromatic rings. The summed E-state index contributed by atoms with van der Waals surface area (Å²) < 4.78 is 29.7. The molecule has 29 heavy (non-hydrogen) atoms. The van der Waals surface area contributed by atoms with Crippen molar-refractivity contribution in [2.75, 3.05) is 12.1 Å². The van der Waals surface area contributed by atoms with Gasteiger partial charge in [-0.3, -0.25) is 5.32 Å². The number of ether oxygens (including phenoxy) is 3. The van der Waals surface area contributed by atoms with Crippen molar-refractivity contribution in [3.8, 4) is 17.2 Å². The molecular formula is C20H18FNO7. The molecule has 1 heterocycles. The minimum atomic E-state index is -1.17. The predicted octanol–water partition coefficient (Wildman–Crippen LogP) is 3.83. The number of rotatable bonds is 6. The van der Waals surface area contributed by atoms with Gasteiger partial charge in [-0.1, -0.05) is 19.1 Å². The second kappa shape index (κ2) is 8.51. The molecule has 1 aliphatic rings. The molecule has 8 nitrogen and oxygen atoms in total. The molecule has 0 spiro atoms. The number of aromatic hydroxyl groups is 1. The molecule has 2 atom stereocenters. The summed E-state index contributed by atoms with van der Waals surface area (Å²) in [6.45, 7) is 1.70. The van der Waals surface area contributed by atoms with Crippen molar-refractivity contribution >= 4 is 17.7 Å². The van der Waals surface area contributed by atoms with Crippen molar-refractivity contribution in [2.45, 2.75) is 13.0 Å². The molecule has 2 aromatic carbocycles. The fourth-order valence-corrected chi connectivity index (χ4v) is 2.75. The van der Waals surface area contributed by atoms with Gasteiger partial charge in [-0.25, -0.2) is 14.0 Å². The topological polar surface area (TPSA) is 114 Å². The van der Waals surface area contributed by atoms with Gasteiger partial charge in [0.2, 0.25) is 6.79 Å². The predicted molar refractivity (Wildman–Crippen MR) is 99.4 cm³/mol. The largest absolute Gasteiger partial charge is 0.505 e. The number of halogens is 1. The van der Waals surface area contributed by atoms with Crippen molar-refractivity contribution in [1.82, 2.24) is 0 Å². The van der Waals surface area contributed by atoms with Crippen LogP contribution in [0.15, 0.2) is 48.6 Å². The van der Waals surface area contributed by atoms with Gasteiger partial charge in [0.05, 0.1) is 0 Å². The minimum absolute atomic E-state index is 0.0884. The average Bonchev–Trinajstić information content (AvgIpc) is 3.14. The molecule has 0 aliphatic carbocycles. The number of nitrogens with one attached hydrogen (secondary N) is 1. The number of carbonyl (C=O) groups is 2. The van der Waals surface area contributed by atoms with Gasteiger partial charge >= 0.3 is 12.1 Å². The lowest BCUT2D eigenvalue weighted by Crippen LogP contribution is -2.21. The molecule has 0 aromatic heterocycles. The van der Waals surface area contributed by atoms with Gasteiger partial charge in [0.1, 0.15) is 6.10 Å². The standard InChI is InChI=1S/C20H18FNO7/c1-11(2-7-18(24)25)19(12-3-5-15(23)14(21)8-12)29-20(26)22-13-4-6-16-17(9-13)28-10-27-16/h2-9,11,19,23H,10H2,1H3,(H,22,26)(H,24,25)/b7-2+/t11-,19-/m1/s1. The lowest BCUT2D eigenvalue weighted by Gasteiger charge is -2.23. The zero-order valence-electron chi connectivity index (χ0n) is 15.3. The van der Waals surface area contributed by atoms with Crippen molar-refractivity contribution < 1.29 is 38.4 Å². The van der Waals surface area contributed by atoms with Gasteiger partial charge < -0.3 is 24.4 Å². The molecule has 0 unspecified atom stereocenters. The van der Waals surface area contributed by atoms with Crippen LogP contribution in [0.5, 0.6) is 17.2 Å². The van der Waals surface area contributed by atoms with Gasteiger partial charge in [-0.15, -0.1) is 0 Å². The maximum atomic E-state index is 13.8. The summed E-state index contributed by atoms with van der Waals surface area (Å²) in [6.07, 6.45) is 0.395. The van der Waals surface area contributed by atoms with E-state index in [2.05, 4.69) is 5.32 Å². The number of benzene rings is 2. The second-order valence-electron chi connectivity index (χ2n) is 6.29. The maximum Gasteiger partial charge on any atom is 0.412 e. The number of carbonyl (C=O) groups excluding carboxylic acids is 1. The molecular weight excluding hydrogens is 385 g/mol. The number of phenolic OH excluding ortho intramolecular Hbond substituents is 1. The molecule has 0 saturated carbocycles. The van der Waals surface area contributed by atoms with Crippen LogP contribution < -0.4 is 14.8 Å². The first kappa shape index (κ1) is 20.0. The van der Waals surface area contributed by atoms with Crippen LogP contribution in [0.4, 0.5) is 14.9 Å². The Labute approximate surface area is 165 Å². The Kier molecular flexibility index (Phi) is 5.87. The SMILES string of the molecule is C[C@H](/C=C/C(=O)O)[C@@H](OC(=O)Nc1ccc2c(c1)OCO2)c1ccc(O)c(F)c1. The summed E-state index contributed by atoms with van der Waals surface area (Å²) in [6, 6.07) is 8.33. The molecule has 152 valence electrons. The molecule has 1 aliphatic heterocycles. The molecule has 1 amide bonds. The summed E-state index contributed by atoms with van der Waals surface area (Å²) in [5.74, 6) is -2.19. The zero-order valence-corrected chi connectivity index (χ0v) is 15.3. The van der Waals surface area contributed by atoms with E-state index < -0.39 is 35.7 Å². The second-order valence-corrected chi connectivity index (χ2v) is 6.29. The Bertz CT molecular complexity index is 960. The first-order chi connectivity index (χ1) is 13.8. The summed E-state index contributed by atoms with van der Waals surface area (Å²) in [4.78, 5) is 23.2. The average molecular weight is 403 g/mol. The van der Waals surface area contributed by atoms with Gasteiger partial charge in [0, 0.05) is 23.7 Å². The molecule has 9 heteroatoms.